The van der Waals surface area contributed by atoms with Crippen LogP contribution in [0.5, 0.6) is 0 Å². The van der Waals surface area contributed by atoms with E-state index in [1.54, 1.807) is 12.1 Å². The average Bonchev–Trinajstić information content (AvgIpc) is 2.47. The second kappa shape index (κ2) is 6.11. The second-order valence-corrected chi connectivity index (χ2v) is 5.68. The van der Waals surface area contributed by atoms with Crippen LogP contribution in [0.15, 0.2) is 18.3 Å². The van der Waals surface area contributed by atoms with Crippen molar-refractivity contribution in [1.82, 2.24) is 4.98 Å². The van der Waals surface area contributed by atoms with Crippen molar-refractivity contribution in [2.24, 2.45) is 5.73 Å². The molecule has 114 valence electrons. The number of primary amides is 1. The number of hydrogen-bond donors (Lipinski definition) is 2. The highest BCUT2D eigenvalue weighted by molar-refractivity contribution is 5.92. The summed E-state index contributed by atoms with van der Waals surface area (Å²) in [7, 11) is 1.88. The van der Waals surface area contributed by atoms with Gasteiger partial charge in [0.25, 0.3) is 0 Å². The Morgan fingerprint density at radius 2 is 2.00 bits per heavy atom. The van der Waals surface area contributed by atoms with Crippen LogP contribution in [0, 0.1) is 0 Å². The van der Waals surface area contributed by atoms with Gasteiger partial charge in [0, 0.05) is 13.2 Å². The summed E-state index contributed by atoms with van der Waals surface area (Å²) in [6, 6.07) is 3.34. The molecule has 1 heterocycles. The molecule has 1 aliphatic rings. The van der Waals surface area contributed by atoms with Gasteiger partial charge in [-0.3, -0.25) is 9.59 Å². The molecule has 0 aliphatic heterocycles. The Hall–Kier alpha value is -2.11. The molecule has 0 saturated heterocycles. The minimum Gasteiger partial charge on any atom is -0.481 e. The topological polar surface area (TPSA) is 96.5 Å². The van der Waals surface area contributed by atoms with Crippen molar-refractivity contribution in [3.63, 3.8) is 0 Å². The lowest BCUT2D eigenvalue weighted by Gasteiger charge is -2.44. The molecule has 6 heteroatoms. The summed E-state index contributed by atoms with van der Waals surface area (Å²) in [5, 5.41) is 9.24. The smallest absolute Gasteiger partial charge is 0.305 e. The molecule has 21 heavy (non-hydrogen) atoms. The van der Waals surface area contributed by atoms with Crippen LogP contribution < -0.4 is 10.6 Å². The maximum absolute atomic E-state index is 11.2. The van der Waals surface area contributed by atoms with Crippen LogP contribution in [0.25, 0.3) is 0 Å². The zero-order valence-electron chi connectivity index (χ0n) is 12.2. The van der Waals surface area contributed by atoms with Gasteiger partial charge < -0.3 is 15.7 Å². The van der Waals surface area contributed by atoms with Crippen LogP contribution >= 0.6 is 0 Å². The summed E-state index contributed by atoms with van der Waals surface area (Å²) < 4.78 is 0. The molecule has 1 fully saturated rings. The fourth-order valence-electron chi connectivity index (χ4n) is 3.10. The number of rotatable bonds is 5. The first kappa shape index (κ1) is 15.3. The summed E-state index contributed by atoms with van der Waals surface area (Å²) >= 11 is 0. The molecule has 0 atom stereocenters. The number of aliphatic carboxylic acids is 1. The Labute approximate surface area is 124 Å². The summed E-state index contributed by atoms with van der Waals surface area (Å²) in [5.74, 6) is -0.643. The summed E-state index contributed by atoms with van der Waals surface area (Å²) in [6.07, 6.45) is 6.41. The van der Waals surface area contributed by atoms with Gasteiger partial charge in [-0.2, -0.15) is 0 Å². The number of pyridine rings is 1. The van der Waals surface area contributed by atoms with E-state index in [4.69, 9.17) is 5.73 Å². The molecule has 0 spiro atoms. The fraction of sp³-hybridized carbons (Fsp3) is 0.533. The van der Waals surface area contributed by atoms with E-state index in [-0.39, 0.29) is 6.42 Å². The zero-order chi connectivity index (χ0) is 15.5. The van der Waals surface area contributed by atoms with E-state index in [2.05, 4.69) is 4.98 Å². The van der Waals surface area contributed by atoms with Crippen LogP contribution in [0.2, 0.25) is 0 Å². The monoisotopic (exact) mass is 291 g/mol. The van der Waals surface area contributed by atoms with Crippen LogP contribution in [0.4, 0.5) is 5.82 Å². The van der Waals surface area contributed by atoms with E-state index >= 15 is 0 Å². The predicted molar refractivity (Wildman–Crippen MR) is 79.2 cm³/mol. The van der Waals surface area contributed by atoms with Gasteiger partial charge in [0.1, 0.15) is 5.82 Å². The molecular weight excluding hydrogens is 270 g/mol. The van der Waals surface area contributed by atoms with E-state index in [1.807, 2.05) is 11.9 Å². The summed E-state index contributed by atoms with van der Waals surface area (Å²) in [5.41, 5.74) is 5.16. The molecule has 1 aliphatic carbocycles. The van der Waals surface area contributed by atoms with E-state index < -0.39 is 17.4 Å². The van der Waals surface area contributed by atoms with E-state index in [9.17, 15) is 14.7 Å². The molecule has 6 nitrogen and oxygen atoms in total. The van der Waals surface area contributed by atoms with Gasteiger partial charge in [-0.15, -0.1) is 0 Å². The molecule has 3 N–H and O–H groups in total. The number of nitrogens with zero attached hydrogens (tertiary/aromatic N) is 2. The van der Waals surface area contributed by atoms with Crippen molar-refractivity contribution in [3.05, 3.63) is 23.9 Å². The Bertz CT molecular complexity index is 521. The highest BCUT2D eigenvalue weighted by Gasteiger charge is 2.38. The molecule has 0 bridgehead atoms. The van der Waals surface area contributed by atoms with Crippen molar-refractivity contribution in [1.29, 1.82) is 0 Å². The molecule has 0 aromatic carbocycles. The third kappa shape index (κ3) is 3.32. The zero-order valence-corrected chi connectivity index (χ0v) is 12.2. The number of carbonyl (C=O) groups excluding carboxylic acids is 1. The number of carboxylic acids is 1. The Morgan fingerprint density at radius 1 is 1.33 bits per heavy atom. The van der Waals surface area contributed by atoms with E-state index in [1.165, 1.54) is 6.20 Å². The third-order valence-corrected chi connectivity index (χ3v) is 4.35. The second-order valence-electron chi connectivity index (χ2n) is 5.68. The highest BCUT2D eigenvalue weighted by atomic mass is 16.4. The largest absolute Gasteiger partial charge is 0.481 e. The molecule has 0 radical (unpaired) electrons. The van der Waals surface area contributed by atoms with Crippen LogP contribution in [-0.2, 0) is 4.79 Å². The van der Waals surface area contributed by atoms with Crippen molar-refractivity contribution in [2.75, 3.05) is 11.9 Å². The van der Waals surface area contributed by atoms with Crippen molar-refractivity contribution in [2.45, 2.75) is 44.1 Å². The Kier molecular flexibility index (Phi) is 4.45. The number of anilines is 1. The average molecular weight is 291 g/mol. The number of carboxylic acid groups (broad SMARTS) is 1. The number of hydrogen-bond acceptors (Lipinski definition) is 4. The van der Waals surface area contributed by atoms with Gasteiger partial charge >= 0.3 is 5.97 Å². The lowest BCUT2D eigenvalue weighted by molar-refractivity contribution is -0.138. The first-order chi connectivity index (χ1) is 9.94. The Balaban J connectivity index is 2.26. The molecule has 1 saturated carbocycles. The van der Waals surface area contributed by atoms with Crippen LogP contribution in [0.3, 0.4) is 0 Å². The molecular formula is C15H21N3O3. The quantitative estimate of drug-likeness (QED) is 0.862. The van der Waals surface area contributed by atoms with Gasteiger partial charge in [0.2, 0.25) is 5.91 Å². The molecule has 1 amide bonds. The van der Waals surface area contributed by atoms with Gasteiger partial charge in [0.05, 0.1) is 17.5 Å². The Morgan fingerprint density at radius 3 is 2.48 bits per heavy atom. The lowest BCUT2D eigenvalue weighted by atomic mass is 9.78. The predicted octanol–water partition coefficient (Wildman–Crippen LogP) is 1.79. The van der Waals surface area contributed by atoms with Crippen molar-refractivity contribution < 1.29 is 14.7 Å². The van der Waals surface area contributed by atoms with E-state index in [0.29, 0.717) is 11.4 Å². The third-order valence-electron chi connectivity index (χ3n) is 4.35. The van der Waals surface area contributed by atoms with Gasteiger partial charge in [-0.1, -0.05) is 19.3 Å². The summed E-state index contributed by atoms with van der Waals surface area (Å²) in [4.78, 5) is 28.5. The first-order valence-corrected chi connectivity index (χ1v) is 7.16. The minimum atomic E-state index is -0.794. The normalized spacial score (nSPS) is 17.2. The molecule has 2 rings (SSSR count). The van der Waals surface area contributed by atoms with Crippen LogP contribution in [-0.4, -0.2) is 34.6 Å². The van der Waals surface area contributed by atoms with E-state index in [0.717, 1.165) is 32.1 Å². The molecule has 0 unspecified atom stereocenters. The van der Waals surface area contributed by atoms with Crippen molar-refractivity contribution >= 4 is 17.7 Å². The number of aromatic nitrogens is 1. The minimum absolute atomic E-state index is 0.1000. The maximum atomic E-state index is 11.2. The SMILES string of the molecule is CN(c1ccc(C(N)=O)cn1)C1(CC(=O)O)CCCCC1. The molecule has 1 aromatic heterocycles. The molecule has 1 aromatic rings. The first-order valence-electron chi connectivity index (χ1n) is 7.16. The highest BCUT2D eigenvalue weighted by Crippen LogP contribution is 2.37. The maximum Gasteiger partial charge on any atom is 0.305 e. The number of carbonyl (C=O) groups is 2. The van der Waals surface area contributed by atoms with Crippen molar-refractivity contribution in [3.8, 4) is 0 Å². The number of nitrogens with two attached hydrogens (primary N) is 1. The van der Waals surface area contributed by atoms with Gasteiger partial charge in [-0.05, 0) is 25.0 Å². The fourth-order valence-corrected chi connectivity index (χ4v) is 3.10. The van der Waals surface area contributed by atoms with Crippen LogP contribution in [0.1, 0.15) is 48.9 Å². The van der Waals surface area contributed by atoms with Gasteiger partial charge in [0.15, 0.2) is 0 Å². The lowest BCUT2D eigenvalue weighted by Crippen LogP contribution is -2.50. The summed E-state index contributed by atoms with van der Waals surface area (Å²) in [6.45, 7) is 0. The van der Waals surface area contributed by atoms with Gasteiger partial charge in [-0.25, -0.2) is 4.98 Å². The number of amides is 1. The standard InChI is InChI=1S/C15H21N3O3/c1-18(12-6-5-11(10-17-12)14(16)21)15(9-13(19)20)7-3-2-4-8-15/h5-6,10H,2-4,7-9H2,1H3,(H2,16,21)(H,19,20).